The van der Waals surface area contributed by atoms with E-state index in [9.17, 15) is 22.4 Å². The molecule has 2 heterocycles. The fraction of sp³-hybridized carbons (Fsp3) is 0.125. The number of aliphatic carboxylic acids is 2. The molecule has 0 aliphatic carbocycles. The summed E-state index contributed by atoms with van der Waals surface area (Å²) >= 11 is 0. The average Bonchev–Trinajstić information content (AvgIpc) is 3.24. The van der Waals surface area contributed by atoms with Gasteiger partial charge < -0.3 is 15.5 Å². The van der Waals surface area contributed by atoms with E-state index in [1.54, 1.807) is 49.6 Å². The molecule has 1 unspecified atom stereocenters. The first kappa shape index (κ1) is 27.2. The van der Waals surface area contributed by atoms with Gasteiger partial charge in [-0.2, -0.15) is 0 Å². The number of nitrogens with one attached hydrogen (secondary N) is 1. The molecule has 2 aromatic heterocycles. The SMILES string of the molecule is C=CC(c1cccnc1)S(=O)(=O)n1cc(CNC)cc1-c1ccccc1F.O=C(O)/C=C/C(=O)O. The Kier molecular flexibility index (Phi) is 9.62. The van der Waals surface area contributed by atoms with E-state index in [2.05, 4.69) is 16.9 Å². The summed E-state index contributed by atoms with van der Waals surface area (Å²) in [6.07, 6.45) is 7.05. The molecule has 0 aliphatic rings. The summed E-state index contributed by atoms with van der Waals surface area (Å²) in [6.45, 7) is 4.14. The molecule has 35 heavy (non-hydrogen) atoms. The van der Waals surface area contributed by atoms with Crippen molar-refractivity contribution in [1.29, 1.82) is 0 Å². The van der Waals surface area contributed by atoms with Gasteiger partial charge in [-0.3, -0.25) is 4.98 Å². The van der Waals surface area contributed by atoms with E-state index in [0.29, 0.717) is 24.3 Å². The standard InChI is InChI=1S/C20H20FN3O2S.C4H4O4/c1-3-20(16-7-6-10-23-13-16)27(25,26)24-14-15(12-22-2)11-19(24)17-8-4-5-9-18(17)21;5-3(6)1-2-4(7)8/h3-11,13-14,20,22H,1,12H2,2H3;1-2H,(H,5,6)(H,7,8)/b;2-1+. The second-order valence-corrected chi connectivity index (χ2v) is 8.97. The molecule has 9 nitrogen and oxygen atoms in total. The van der Waals surface area contributed by atoms with Crippen LogP contribution in [0.2, 0.25) is 0 Å². The lowest BCUT2D eigenvalue weighted by molar-refractivity contribution is -0.134. The summed E-state index contributed by atoms with van der Waals surface area (Å²) in [6, 6.07) is 11.1. The van der Waals surface area contributed by atoms with Gasteiger partial charge in [0.25, 0.3) is 0 Å². The maximum Gasteiger partial charge on any atom is 0.328 e. The molecule has 0 saturated carbocycles. The molecule has 0 saturated heterocycles. The van der Waals surface area contributed by atoms with Crippen LogP contribution in [0.3, 0.4) is 0 Å². The molecule has 0 amide bonds. The molecular formula is C24H24FN3O6S. The Bertz CT molecular complexity index is 1300. The van der Waals surface area contributed by atoms with Crippen molar-refractivity contribution >= 4 is 22.0 Å². The summed E-state index contributed by atoms with van der Waals surface area (Å²) in [7, 11) is -2.17. The molecule has 0 bridgehead atoms. The van der Waals surface area contributed by atoms with Gasteiger partial charge >= 0.3 is 11.9 Å². The zero-order valence-electron chi connectivity index (χ0n) is 18.7. The average molecular weight is 502 g/mol. The highest BCUT2D eigenvalue weighted by Crippen LogP contribution is 2.32. The highest BCUT2D eigenvalue weighted by atomic mass is 32.2. The number of rotatable bonds is 9. The van der Waals surface area contributed by atoms with Crippen molar-refractivity contribution in [1.82, 2.24) is 14.3 Å². The third-order valence-electron chi connectivity index (χ3n) is 4.56. The van der Waals surface area contributed by atoms with Crippen molar-refractivity contribution < 1.29 is 32.6 Å². The highest BCUT2D eigenvalue weighted by Gasteiger charge is 2.29. The lowest BCUT2D eigenvalue weighted by Crippen LogP contribution is -2.20. The Hall–Kier alpha value is -4.09. The quantitative estimate of drug-likeness (QED) is 0.300. The normalized spacial score (nSPS) is 11.9. The number of carbonyl (C=O) groups is 2. The minimum atomic E-state index is -3.93. The number of nitrogens with zero attached hydrogens (tertiary/aromatic N) is 2. The monoisotopic (exact) mass is 501 g/mol. The van der Waals surface area contributed by atoms with Crippen molar-refractivity contribution in [3.63, 3.8) is 0 Å². The van der Waals surface area contributed by atoms with Crippen molar-refractivity contribution in [3.8, 4) is 11.3 Å². The molecule has 0 aliphatic heterocycles. The van der Waals surface area contributed by atoms with Gasteiger partial charge in [0.05, 0.1) is 5.69 Å². The fourth-order valence-electron chi connectivity index (χ4n) is 3.11. The Balaban J connectivity index is 0.000000466. The third kappa shape index (κ3) is 7.19. The second-order valence-electron chi connectivity index (χ2n) is 7.04. The van der Waals surface area contributed by atoms with Crippen molar-refractivity contribution in [3.05, 3.63) is 103 Å². The van der Waals surface area contributed by atoms with Crippen LogP contribution < -0.4 is 5.32 Å². The third-order valence-corrected chi connectivity index (χ3v) is 6.52. The first-order valence-corrected chi connectivity index (χ1v) is 11.6. The predicted octanol–water partition coefficient (Wildman–Crippen LogP) is 3.23. The minimum absolute atomic E-state index is 0.220. The Morgan fingerprint density at radius 1 is 1.17 bits per heavy atom. The molecule has 1 aromatic carbocycles. The smallest absolute Gasteiger partial charge is 0.328 e. The molecule has 3 aromatic rings. The van der Waals surface area contributed by atoms with E-state index in [-0.39, 0.29) is 11.3 Å². The van der Waals surface area contributed by atoms with Gasteiger partial charge in [0.15, 0.2) is 0 Å². The summed E-state index contributed by atoms with van der Waals surface area (Å²) in [5, 5.41) is 17.6. The van der Waals surface area contributed by atoms with Crippen LogP contribution in [0.1, 0.15) is 16.4 Å². The van der Waals surface area contributed by atoms with Crippen LogP contribution in [0.25, 0.3) is 11.3 Å². The molecule has 3 rings (SSSR count). The Morgan fingerprint density at radius 3 is 2.34 bits per heavy atom. The largest absolute Gasteiger partial charge is 0.478 e. The number of carboxylic acid groups (broad SMARTS) is 2. The van der Waals surface area contributed by atoms with E-state index in [1.807, 2.05) is 0 Å². The van der Waals surface area contributed by atoms with Gasteiger partial charge in [-0.1, -0.05) is 24.3 Å². The van der Waals surface area contributed by atoms with Gasteiger partial charge in [0, 0.05) is 42.9 Å². The number of aromatic nitrogens is 2. The van der Waals surface area contributed by atoms with E-state index in [0.717, 1.165) is 9.54 Å². The molecule has 184 valence electrons. The van der Waals surface area contributed by atoms with Gasteiger partial charge in [-0.25, -0.2) is 26.4 Å². The summed E-state index contributed by atoms with van der Waals surface area (Å²) in [5.41, 5.74) is 1.72. The number of carboxylic acids is 2. The van der Waals surface area contributed by atoms with Gasteiger partial charge in [-0.15, -0.1) is 6.58 Å². The highest BCUT2D eigenvalue weighted by molar-refractivity contribution is 7.90. The van der Waals surface area contributed by atoms with E-state index >= 15 is 0 Å². The van der Waals surface area contributed by atoms with Crippen LogP contribution in [0.15, 0.2) is 85.9 Å². The molecular weight excluding hydrogens is 477 g/mol. The van der Waals surface area contributed by atoms with Crippen LogP contribution in [-0.4, -0.2) is 46.6 Å². The summed E-state index contributed by atoms with van der Waals surface area (Å²) < 4.78 is 42.3. The second kappa shape index (κ2) is 12.4. The maximum atomic E-state index is 14.4. The van der Waals surface area contributed by atoms with E-state index in [4.69, 9.17) is 10.2 Å². The number of pyridine rings is 1. The summed E-state index contributed by atoms with van der Waals surface area (Å²) in [5.74, 6) is -3.00. The Labute approximate surface area is 201 Å². The fourth-order valence-corrected chi connectivity index (χ4v) is 4.79. The first-order valence-electron chi connectivity index (χ1n) is 10.1. The van der Waals surface area contributed by atoms with Crippen LogP contribution in [0, 0.1) is 5.82 Å². The Morgan fingerprint density at radius 2 is 1.83 bits per heavy atom. The molecule has 0 radical (unpaired) electrons. The molecule has 0 spiro atoms. The lowest BCUT2D eigenvalue weighted by atomic mass is 10.1. The molecule has 1 atom stereocenters. The van der Waals surface area contributed by atoms with Gasteiger partial charge in [0.2, 0.25) is 10.0 Å². The van der Waals surface area contributed by atoms with Crippen LogP contribution in [-0.2, 0) is 26.2 Å². The van der Waals surface area contributed by atoms with Crippen molar-refractivity contribution in [2.24, 2.45) is 0 Å². The number of hydrogen-bond donors (Lipinski definition) is 3. The number of hydrogen-bond acceptors (Lipinski definition) is 6. The van der Waals surface area contributed by atoms with E-state index < -0.39 is 33.0 Å². The summed E-state index contributed by atoms with van der Waals surface area (Å²) in [4.78, 5) is 23.1. The zero-order valence-corrected chi connectivity index (χ0v) is 19.5. The number of benzene rings is 1. The van der Waals surface area contributed by atoms with Crippen molar-refractivity contribution in [2.75, 3.05) is 7.05 Å². The molecule has 0 fully saturated rings. The lowest BCUT2D eigenvalue weighted by Gasteiger charge is -2.17. The molecule has 11 heteroatoms. The van der Waals surface area contributed by atoms with Crippen molar-refractivity contribution in [2.45, 2.75) is 11.8 Å². The van der Waals surface area contributed by atoms with Gasteiger partial charge in [0.1, 0.15) is 11.1 Å². The minimum Gasteiger partial charge on any atom is -0.478 e. The van der Waals surface area contributed by atoms with Crippen LogP contribution in [0.5, 0.6) is 0 Å². The zero-order chi connectivity index (χ0) is 26.0. The van der Waals surface area contributed by atoms with Crippen LogP contribution in [0.4, 0.5) is 4.39 Å². The first-order chi connectivity index (χ1) is 16.6. The predicted molar refractivity (Wildman–Crippen MR) is 128 cm³/mol. The van der Waals surface area contributed by atoms with Gasteiger partial charge in [-0.05, 0) is 42.4 Å². The van der Waals surface area contributed by atoms with Crippen LogP contribution >= 0.6 is 0 Å². The maximum absolute atomic E-state index is 14.4. The topological polar surface area (TPSA) is 139 Å². The number of halogens is 1. The van der Waals surface area contributed by atoms with E-state index in [1.165, 1.54) is 24.5 Å². The molecule has 3 N–H and O–H groups in total.